The van der Waals surface area contributed by atoms with E-state index in [2.05, 4.69) is 10.3 Å². The molecule has 0 aliphatic rings. The first-order chi connectivity index (χ1) is 12.0. The highest BCUT2D eigenvalue weighted by Crippen LogP contribution is 2.27. The molecule has 1 N–H and O–H groups in total. The smallest absolute Gasteiger partial charge is 0.274 e. The Morgan fingerprint density at radius 1 is 1.20 bits per heavy atom. The molecule has 128 valence electrons. The molecule has 2 aromatic carbocycles. The second kappa shape index (κ2) is 7.47. The molecule has 3 rings (SSSR count). The number of nitrogens with zero attached hydrogens (tertiary/aromatic N) is 2. The zero-order chi connectivity index (χ0) is 18.0. The van der Waals surface area contributed by atoms with Crippen LogP contribution in [0.15, 0.2) is 53.8 Å². The van der Waals surface area contributed by atoms with E-state index in [1.54, 1.807) is 34.9 Å². The topological polar surface area (TPSA) is 46.9 Å². The first-order valence-corrected chi connectivity index (χ1v) is 9.11. The van der Waals surface area contributed by atoms with Gasteiger partial charge in [-0.05, 0) is 48.7 Å². The van der Waals surface area contributed by atoms with Crippen molar-refractivity contribution in [3.63, 3.8) is 0 Å². The maximum atomic E-state index is 13.2. The molecule has 25 heavy (non-hydrogen) atoms. The SMILES string of the molecule is CSc1ncc(C(=O)Nc2ccc(Cl)cc2Cl)n1-c1ccc(F)cc1. The number of imidazole rings is 1. The fourth-order valence-corrected chi connectivity index (χ4v) is 3.26. The molecule has 0 aliphatic heterocycles. The molecule has 1 aromatic heterocycles. The zero-order valence-electron chi connectivity index (χ0n) is 13.0. The Kier molecular flexibility index (Phi) is 5.32. The molecule has 0 saturated carbocycles. The number of anilines is 1. The highest BCUT2D eigenvalue weighted by Gasteiger charge is 2.18. The van der Waals surface area contributed by atoms with Gasteiger partial charge in [-0.1, -0.05) is 35.0 Å². The van der Waals surface area contributed by atoms with Gasteiger partial charge in [-0.3, -0.25) is 9.36 Å². The highest BCUT2D eigenvalue weighted by atomic mass is 35.5. The van der Waals surface area contributed by atoms with Gasteiger partial charge in [-0.2, -0.15) is 0 Å². The Labute approximate surface area is 158 Å². The van der Waals surface area contributed by atoms with Crippen LogP contribution in [0.1, 0.15) is 10.5 Å². The second-order valence-electron chi connectivity index (χ2n) is 5.02. The van der Waals surface area contributed by atoms with Gasteiger partial charge in [-0.15, -0.1) is 0 Å². The van der Waals surface area contributed by atoms with Crippen molar-refractivity contribution in [3.05, 3.63) is 70.2 Å². The number of benzene rings is 2. The molecule has 1 amide bonds. The number of hydrogen-bond donors (Lipinski definition) is 1. The predicted molar refractivity (Wildman–Crippen MR) is 99.7 cm³/mol. The van der Waals surface area contributed by atoms with Crippen molar-refractivity contribution in [1.82, 2.24) is 9.55 Å². The van der Waals surface area contributed by atoms with Crippen molar-refractivity contribution < 1.29 is 9.18 Å². The summed E-state index contributed by atoms with van der Waals surface area (Å²) < 4.78 is 14.9. The third-order valence-electron chi connectivity index (χ3n) is 3.41. The number of aromatic nitrogens is 2. The average Bonchev–Trinajstić information content (AvgIpc) is 3.02. The highest BCUT2D eigenvalue weighted by molar-refractivity contribution is 7.98. The summed E-state index contributed by atoms with van der Waals surface area (Å²) in [6, 6.07) is 10.6. The minimum atomic E-state index is -0.388. The lowest BCUT2D eigenvalue weighted by Gasteiger charge is -2.12. The second-order valence-corrected chi connectivity index (χ2v) is 6.64. The van der Waals surface area contributed by atoms with Crippen LogP contribution in [0.5, 0.6) is 0 Å². The largest absolute Gasteiger partial charge is 0.319 e. The molecule has 0 saturated heterocycles. The number of rotatable bonds is 4. The molecule has 0 aliphatic carbocycles. The number of hydrogen-bond acceptors (Lipinski definition) is 3. The van der Waals surface area contributed by atoms with Gasteiger partial charge < -0.3 is 5.32 Å². The molecule has 1 heterocycles. The zero-order valence-corrected chi connectivity index (χ0v) is 15.3. The monoisotopic (exact) mass is 395 g/mol. The molecule has 0 fully saturated rings. The van der Waals surface area contributed by atoms with E-state index in [-0.39, 0.29) is 11.7 Å². The molecule has 0 atom stereocenters. The third-order valence-corrected chi connectivity index (χ3v) is 4.61. The van der Waals surface area contributed by atoms with E-state index in [4.69, 9.17) is 23.2 Å². The van der Waals surface area contributed by atoms with Crippen LogP contribution in [0.25, 0.3) is 5.69 Å². The maximum absolute atomic E-state index is 13.2. The molecule has 4 nitrogen and oxygen atoms in total. The summed E-state index contributed by atoms with van der Waals surface area (Å²) in [5.74, 6) is -0.741. The van der Waals surface area contributed by atoms with Gasteiger partial charge in [0.1, 0.15) is 11.5 Å². The molecule has 0 radical (unpaired) electrons. The number of nitrogens with one attached hydrogen (secondary N) is 1. The van der Waals surface area contributed by atoms with Crippen LogP contribution in [-0.2, 0) is 0 Å². The fraction of sp³-hybridized carbons (Fsp3) is 0.0588. The van der Waals surface area contributed by atoms with E-state index in [1.807, 2.05) is 6.26 Å². The van der Waals surface area contributed by atoms with Crippen molar-refractivity contribution in [2.24, 2.45) is 0 Å². The first-order valence-electron chi connectivity index (χ1n) is 7.13. The predicted octanol–water partition coefficient (Wildman–Crippen LogP) is 5.29. The average molecular weight is 396 g/mol. The van der Waals surface area contributed by atoms with Crippen LogP contribution in [0.3, 0.4) is 0 Å². The summed E-state index contributed by atoms with van der Waals surface area (Å²) in [6.07, 6.45) is 3.31. The Hall–Kier alpha value is -2.02. The molecular formula is C17H12Cl2FN3OS. The number of amides is 1. The van der Waals surface area contributed by atoms with Crippen molar-refractivity contribution in [3.8, 4) is 5.69 Å². The minimum Gasteiger partial charge on any atom is -0.319 e. The Bertz CT molecular complexity index is 928. The summed E-state index contributed by atoms with van der Waals surface area (Å²) in [6.45, 7) is 0. The lowest BCUT2D eigenvalue weighted by Crippen LogP contribution is -2.17. The van der Waals surface area contributed by atoms with Gasteiger partial charge in [0.15, 0.2) is 5.16 Å². The minimum absolute atomic E-state index is 0.307. The summed E-state index contributed by atoms with van der Waals surface area (Å²) in [5, 5.41) is 4.16. The molecule has 0 unspecified atom stereocenters. The van der Waals surface area contributed by atoms with Crippen molar-refractivity contribution in [1.29, 1.82) is 0 Å². The number of halogens is 3. The summed E-state index contributed by atoms with van der Waals surface area (Å²) in [7, 11) is 0. The Balaban J connectivity index is 1.98. The van der Waals surface area contributed by atoms with Crippen LogP contribution in [0.4, 0.5) is 10.1 Å². The summed E-state index contributed by atoms with van der Waals surface area (Å²) >= 11 is 13.3. The maximum Gasteiger partial charge on any atom is 0.274 e. The third kappa shape index (κ3) is 3.81. The van der Waals surface area contributed by atoms with E-state index >= 15 is 0 Å². The molecule has 3 aromatic rings. The van der Waals surface area contributed by atoms with Gasteiger partial charge in [0.2, 0.25) is 0 Å². The quantitative estimate of drug-likeness (QED) is 0.610. The standard InChI is InChI=1S/C17H12Cl2FN3OS/c1-25-17-21-9-15(23(17)12-5-3-11(20)4-6-12)16(24)22-14-7-2-10(18)8-13(14)19/h2-9H,1H3,(H,22,24). The van der Waals surface area contributed by atoms with Crippen LogP contribution < -0.4 is 5.32 Å². The van der Waals surface area contributed by atoms with E-state index in [0.29, 0.717) is 32.3 Å². The lowest BCUT2D eigenvalue weighted by atomic mass is 10.3. The molecule has 0 spiro atoms. The van der Waals surface area contributed by atoms with Crippen LogP contribution in [-0.4, -0.2) is 21.7 Å². The Morgan fingerprint density at radius 2 is 1.92 bits per heavy atom. The van der Waals surface area contributed by atoms with E-state index in [9.17, 15) is 9.18 Å². The summed E-state index contributed by atoms with van der Waals surface area (Å²) in [5.41, 5.74) is 1.38. The molecular weight excluding hydrogens is 384 g/mol. The van der Waals surface area contributed by atoms with Gasteiger partial charge in [-0.25, -0.2) is 9.37 Å². The van der Waals surface area contributed by atoms with Crippen LogP contribution >= 0.6 is 35.0 Å². The molecule has 8 heteroatoms. The number of carbonyl (C=O) groups is 1. The first kappa shape index (κ1) is 17.8. The van der Waals surface area contributed by atoms with Gasteiger partial charge in [0.25, 0.3) is 5.91 Å². The van der Waals surface area contributed by atoms with Crippen LogP contribution in [0, 0.1) is 5.82 Å². The fourth-order valence-electron chi connectivity index (χ4n) is 2.26. The van der Waals surface area contributed by atoms with E-state index < -0.39 is 0 Å². The number of thioether (sulfide) groups is 1. The van der Waals surface area contributed by atoms with Crippen molar-refractivity contribution in [2.75, 3.05) is 11.6 Å². The van der Waals surface area contributed by atoms with E-state index in [0.717, 1.165) is 0 Å². The molecule has 0 bridgehead atoms. The Morgan fingerprint density at radius 3 is 2.56 bits per heavy atom. The van der Waals surface area contributed by atoms with Crippen LogP contribution in [0.2, 0.25) is 10.0 Å². The van der Waals surface area contributed by atoms with Crippen molar-refractivity contribution in [2.45, 2.75) is 5.16 Å². The normalized spacial score (nSPS) is 10.7. The van der Waals surface area contributed by atoms with E-state index in [1.165, 1.54) is 30.1 Å². The van der Waals surface area contributed by atoms with Gasteiger partial charge in [0.05, 0.1) is 16.9 Å². The van der Waals surface area contributed by atoms with Gasteiger partial charge >= 0.3 is 0 Å². The summed E-state index contributed by atoms with van der Waals surface area (Å²) in [4.78, 5) is 16.9. The lowest BCUT2D eigenvalue weighted by molar-refractivity contribution is 0.102. The van der Waals surface area contributed by atoms with Gasteiger partial charge in [0, 0.05) is 10.7 Å². The van der Waals surface area contributed by atoms with Crippen molar-refractivity contribution >= 4 is 46.6 Å². The number of carbonyl (C=O) groups excluding carboxylic acids is 1.